The number of ether oxygens (including phenoxy) is 1. The second kappa shape index (κ2) is 8.38. The van der Waals surface area contributed by atoms with Crippen molar-refractivity contribution in [1.29, 1.82) is 0 Å². The van der Waals surface area contributed by atoms with Crippen LogP contribution in [-0.2, 0) is 14.8 Å². The van der Waals surface area contributed by atoms with Gasteiger partial charge in [-0.05, 0) is 30.3 Å². The molecule has 0 saturated heterocycles. The summed E-state index contributed by atoms with van der Waals surface area (Å²) in [4.78, 5) is 23.8. The molecule has 0 saturated carbocycles. The predicted molar refractivity (Wildman–Crippen MR) is 91.5 cm³/mol. The number of benzene rings is 2. The molecule has 0 spiro atoms. The molecule has 0 aliphatic rings. The Morgan fingerprint density at radius 2 is 1.88 bits per heavy atom. The quantitative estimate of drug-likeness (QED) is 0.453. The Morgan fingerprint density at radius 3 is 2.58 bits per heavy atom. The first kappa shape index (κ1) is 19.3. The molecule has 8 heteroatoms. The molecular weight excluding hydrogens is 361 g/mol. The second-order valence-corrected chi connectivity index (χ2v) is 6.80. The molecule has 0 aliphatic heterocycles. The maximum Gasteiger partial charge on any atom is 0.338 e. The van der Waals surface area contributed by atoms with Gasteiger partial charge >= 0.3 is 5.97 Å². The Kier molecular flexibility index (Phi) is 6.22. The molecule has 2 rings (SSSR count). The topological polar surface area (TPSA) is 89.5 Å². The molecule has 0 unspecified atom stereocenters. The standard InChI is InChI=1S/C18H14FNO5S/c1-2-10-20-26(23,24)14-7-5-6-13(11-14)18(22)25-12-17(21)15-8-3-4-9-16(15)19/h1,3-9,11,20H,10,12H2. The van der Waals surface area contributed by atoms with Crippen molar-refractivity contribution in [2.75, 3.05) is 13.2 Å². The van der Waals surface area contributed by atoms with Crippen LogP contribution in [0.5, 0.6) is 0 Å². The van der Waals surface area contributed by atoms with Gasteiger partial charge in [-0.2, -0.15) is 4.72 Å². The van der Waals surface area contributed by atoms with Crippen molar-refractivity contribution in [3.63, 3.8) is 0 Å². The SMILES string of the molecule is C#CCNS(=O)(=O)c1cccc(C(=O)OCC(=O)c2ccccc2F)c1. The zero-order valence-corrected chi connectivity index (χ0v) is 14.3. The Hall–Kier alpha value is -3.02. The summed E-state index contributed by atoms with van der Waals surface area (Å²) in [6.07, 6.45) is 5.01. The number of rotatable bonds is 7. The Bertz CT molecular complexity index is 979. The largest absolute Gasteiger partial charge is 0.454 e. The summed E-state index contributed by atoms with van der Waals surface area (Å²) in [5.41, 5.74) is -0.273. The predicted octanol–water partition coefficient (Wildman–Crippen LogP) is 1.78. The molecule has 0 atom stereocenters. The number of terminal acetylenes is 1. The van der Waals surface area contributed by atoms with Crippen molar-refractivity contribution in [3.8, 4) is 12.3 Å². The summed E-state index contributed by atoms with van der Waals surface area (Å²) in [5, 5.41) is 0. The van der Waals surface area contributed by atoms with Crippen LogP contribution in [0.15, 0.2) is 53.4 Å². The number of sulfonamides is 1. The van der Waals surface area contributed by atoms with E-state index in [1.54, 1.807) is 0 Å². The number of nitrogens with one attached hydrogen (secondary N) is 1. The average Bonchev–Trinajstić information content (AvgIpc) is 2.64. The minimum absolute atomic E-state index is 0.0742. The second-order valence-electron chi connectivity index (χ2n) is 5.04. The highest BCUT2D eigenvalue weighted by molar-refractivity contribution is 7.89. The lowest BCUT2D eigenvalue weighted by molar-refractivity contribution is 0.0473. The van der Waals surface area contributed by atoms with Gasteiger partial charge in [0.25, 0.3) is 0 Å². The Morgan fingerprint density at radius 1 is 1.15 bits per heavy atom. The van der Waals surface area contributed by atoms with Crippen LogP contribution in [0.1, 0.15) is 20.7 Å². The summed E-state index contributed by atoms with van der Waals surface area (Å²) < 4.78 is 44.5. The van der Waals surface area contributed by atoms with Gasteiger partial charge in [0.15, 0.2) is 6.61 Å². The lowest BCUT2D eigenvalue weighted by atomic mass is 10.1. The zero-order valence-electron chi connectivity index (χ0n) is 13.4. The van der Waals surface area contributed by atoms with E-state index >= 15 is 0 Å². The van der Waals surface area contributed by atoms with E-state index in [2.05, 4.69) is 10.6 Å². The van der Waals surface area contributed by atoms with Gasteiger partial charge in [-0.15, -0.1) is 6.42 Å². The zero-order chi connectivity index (χ0) is 19.2. The minimum atomic E-state index is -3.88. The fraction of sp³-hybridized carbons (Fsp3) is 0.111. The van der Waals surface area contributed by atoms with Crippen molar-refractivity contribution in [2.45, 2.75) is 4.90 Å². The Labute approximate surface area is 150 Å². The van der Waals surface area contributed by atoms with E-state index in [9.17, 15) is 22.4 Å². The highest BCUT2D eigenvalue weighted by Crippen LogP contribution is 2.13. The molecule has 1 N–H and O–H groups in total. The van der Waals surface area contributed by atoms with Gasteiger partial charge in [0, 0.05) is 0 Å². The van der Waals surface area contributed by atoms with E-state index in [0.717, 1.165) is 12.1 Å². The van der Waals surface area contributed by atoms with Crippen molar-refractivity contribution in [3.05, 3.63) is 65.5 Å². The van der Waals surface area contributed by atoms with Gasteiger partial charge in [-0.3, -0.25) is 4.79 Å². The molecule has 0 aromatic heterocycles. The normalized spacial score (nSPS) is 10.8. The van der Waals surface area contributed by atoms with Gasteiger partial charge < -0.3 is 4.74 Å². The highest BCUT2D eigenvalue weighted by Gasteiger charge is 2.18. The van der Waals surface area contributed by atoms with Gasteiger partial charge in [-0.1, -0.05) is 24.1 Å². The van der Waals surface area contributed by atoms with Gasteiger partial charge in [0.05, 0.1) is 22.6 Å². The first-order valence-corrected chi connectivity index (χ1v) is 8.81. The van der Waals surface area contributed by atoms with Gasteiger partial charge in [0.2, 0.25) is 15.8 Å². The molecule has 26 heavy (non-hydrogen) atoms. The average molecular weight is 375 g/mol. The summed E-state index contributed by atoms with van der Waals surface area (Å²) in [6.45, 7) is -0.875. The molecule has 0 heterocycles. The van der Waals surface area contributed by atoms with Crippen LogP contribution in [-0.4, -0.2) is 33.3 Å². The van der Waals surface area contributed by atoms with Crippen molar-refractivity contribution in [2.24, 2.45) is 0 Å². The van der Waals surface area contributed by atoms with Crippen molar-refractivity contribution >= 4 is 21.8 Å². The number of ketones is 1. The molecule has 0 radical (unpaired) electrons. The first-order chi connectivity index (χ1) is 12.3. The smallest absolute Gasteiger partial charge is 0.338 e. The van der Waals surface area contributed by atoms with Crippen molar-refractivity contribution in [1.82, 2.24) is 4.72 Å². The van der Waals surface area contributed by atoms with Crippen LogP contribution in [0.25, 0.3) is 0 Å². The number of esters is 1. The van der Waals surface area contributed by atoms with E-state index in [1.807, 2.05) is 0 Å². The van der Waals surface area contributed by atoms with Crippen LogP contribution in [0.2, 0.25) is 0 Å². The monoisotopic (exact) mass is 375 g/mol. The number of carbonyl (C=O) groups excluding carboxylic acids is 2. The highest BCUT2D eigenvalue weighted by atomic mass is 32.2. The van der Waals surface area contributed by atoms with Crippen LogP contribution in [0, 0.1) is 18.2 Å². The molecule has 6 nitrogen and oxygen atoms in total. The van der Waals surface area contributed by atoms with E-state index in [-0.39, 0.29) is 22.6 Å². The van der Waals surface area contributed by atoms with Gasteiger partial charge in [0.1, 0.15) is 5.82 Å². The van der Waals surface area contributed by atoms with E-state index in [1.165, 1.54) is 36.4 Å². The van der Waals surface area contributed by atoms with Crippen LogP contribution in [0.3, 0.4) is 0 Å². The third-order valence-corrected chi connectivity index (χ3v) is 4.65. The third kappa shape index (κ3) is 4.75. The van der Waals surface area contributed by atoms with Crippen molar-refractivity contribution < 1.29 is 27.1 Å². The third-order valence-electron chi connectivity index (χ3n) is 3.25. The summed E-state index contributed by atoms with van der Waals surface area (Å²) in [6, 6.07) is 10.3. The summed E-state index contributed by atoms with van der Waals surface area (Å²) in [7, 11) is -3.88. The molecule has 134 valence electrons. The first-order valence-electron chi connectivity index (χ1n) is 7.33. The number of Topliss-reactive ketones (excluding diaryl/α,β-unsaturated/α-hetero) is 1. The molecule has 2 aromatic rings. The molecule has 0 bridgehead atoms. The summed E-state index contributed by atoms with van der Waals surface area (Å²) in [5.74, 6) is -0.213. The van der Waals surface area contributed by atoms with E-state index in [0.29, 0.717) is 0 Å². The molecule has 0 fully saturated rings. The van der Waals surface area contributed by atoms with Gasteiger partial charge in [-0.25, -0.2) is 17.6 Å². The number of hydrogen-bond donors (Lipinski definition) is 1. The van der Waals surface area contributed by atoms with Crippen LogP contribution in [0.4, 0.5) is 4.39 Å². The number of hydrogen-bond acceptors (Lipinski definition) is 5. The fourth-order valence-electron chi connectivity index (χ4n) is 1.99. The van der Waals surface area contributed by atoms with E-state index in [4.69, 9.17) is 11.2 Å². The fourth-order valence-corrected chi connectivity index (χ4v) is 2.97. The lowest BCUT2D eigenvalue weighted by Crippen LogP contribution is -2.24. The molecule has 0 amide bonds. The maximum atomic E-state index is 13.5. The number of halogens is 1. The maximum absolute atomic E-state index is 13.5. The van der Waals surface area contributed by atoms with Crippen LogP contribution >= 0.6 is 0 Å². The molecule has 2 aromatic carbocycles. The summed E-state index contributed by atoms with van der Waals surface area (Å²) >= 11 is 0. The Balaban J connectivity index is 2.09. The lowest BCUT2D eigenvalue weighted by Gasteiger charge is -2.07. The minimum Gasteiger partial charge on any atom is -0.454 e. The van der Waals surface area contributed by atoms with E-state index < -0.39 is 34.2 Å². The van der Waals surface area contributed by atoms with Crippen LogP contribution < -0.4 is 4.72 Å². The molecular formula is C18H14FNO5S. The number of carbonyl (C=O) groups is 2. The molecule has 0 aliphatic carbocycles.